The number of nitrogens with zero attached hydrogens (tertiary/aromatic N) is 1. The lowest BCUT2D eigenvalue weighted by atomic mass is 9.87. The number of aryl methyl sites for hydroxylation is 1. The summed E-state index contributed by atoms with van der Waals surface area (Å²) in [7, 11) is 0. The Morgan fingerprint density at radius 2 is 1.80 bits per heavy atom. The summed E-state index contributed by atoms with van der Waals surface area (Å²) < 4.78 is 1.04. The standard InChI is InChI=1S/C17H21BrN2/c1-12-9-16(20-11-15(12)18)19-10-13-5-7-14(8-6-13)17(2,3)4/h5-9,11H,10H2,1-4H3,(H,19,20). The van der Waals surface area contributed by atoms with Gasteiger partial charge in [-0.15, -0.1) is 0 Å². The van der Waals surface area contributed by atoms with Gasteiger partial charge in [-0.1, -0.05) is 45.0 Å². The van der Waals surface area contributed by atoms with Crippen molar-refractivity contribution in [1.29, 1.82) is 0 Å². The van der Waals surface area contributed by atoms with Crippen LogP contribution in [0.15, 0.2) is 41.0 Å². The van der Waals surface area contributed by atoms with Crippen molar-refractivity contribution < 1.29 is 0 Å². The third-order valence-electron chi connectivity index (χ3n) is 3.34. The number of aromatic nitrogens is 1. The summed E-state index contributed by atoms with van der Waals surface area (Å²) in [6.07, 6.45) is 1.83. The second-order valence-corrected chi connectivity index (χ2v) is 6.97. The Labute approximate surface area is 129 Å². The van der Waals surface area contributed by atoms with Crippen LogP contribution in [0.4, 0.5) is 5.82 Å². The predicted molar refractivity (Wildman–Crippen MR) is 89.1 cm³/mol. The predicted octanol–water partition coefficient (Wildman–Crippen LogP) is 5.06. The van der Waals surface area contributed by atoms with Crippen molar-refractivity contribution in [3.8, 4) is 0 Å². The average Bonchev–Trinajstić information content (AvgIpc) is 2.40. The molecule has 106 valence electrons. The number of pyridine rings is 1. The fourth-order valence-corrected chi connectivity index (χ4v) is 2.17. The topological polar surface area (TPSA) is 24.9 Å². The van der Waals surface area contributed by atoms with E-state index in [0.717, 1.165) is 16.8 Å². The van der Waals surface area contributed by atoms with Crippen molar-refractivity contribution in [3.63, 3.8) is 0 Å². The minimum absolute atomic E-state index is 0.205. The summed E-state index contributed by atoms with van der Waals surface area (Å²) in [5, 5.41) is 3.36. The molecule has 0 bridgehead atoms. The molecular weight excluding hydrogens is 312 g/mol. The van der Waals surface area contributed by atoms with E-state index in [1.807, 2.05) is 12.3 Å². The minimum atomic E-state index is 0.205. The first kappa shape index (κ1) is 15.0. The van der Waals surface area contributed by atoms with E-state index < -0.39 is 0 Å². The molecular formula is C17H21BrN2. The normalized spacial score (nSPS) is 11.4. The highest BCUT2D eigenvalue weighted by Crippen LogP contribution is 2.22. The van der Waals surface area contributed by atoms with E-state index in [1.165, 1.54) is 16.7 Å². The zero-order chi connectivity index (χ0) is 14.8. The number of anilines is 1. The first-order valence-electron chi connectivity index (χ1n) is 6.82. The fraction of sp³-hybridized carbons (Fsp3) is 0.353. The number of halogens is 1. The third kappa shape index (κ3) is 3.83. The minimum Gasteiger partial charge on any atom is -0.366 e. The Morgan fingerprint density at radius 3 is 2.35 bits per heavy atom. The molecule has 0 saturated heterocycles. The summed E-state index contributed by atoms with van der Waals surface area (Å²) in [6.45, 7) is 9.55. The molecule has 0 unspecified atom stereocenters. The van der Waals surface area contributed by atoms with Gasteiger partial charge in [0.2, 0.25) is 0 Å². The Morgan fingerprint density at radius 1 is 1.15 bits per heavy atom. The van der Waals surface area contributed by atoms with E-state index in [1.54, 1.807) is 0 Å². The molecule has 0 aliphatic rings. The van der Waals surface area contributed by atoms with Gasteiger partial charge in [0.15, 0.2) is 0 Å². The second kappa shape index (κ2) is 5.96. The third-order valence-corrected chi connectivity index (χ3v) is 4.17. The van der Waals surface area contributed by atoms with Crippen molar-refractivity contribution in [2.24, 2.45) is 0 Å². The van der Waals surface area contributed by atoms with Gasteiger partial charge in [-0.05, 0) is 51.0 Å². The van der Waals surface area contributed by atoms with Gasteiger partial charge in [0, 0.05) is 17.2 Å². The summed E-state index contributed by atoms with van der Waals surface area (Å²) in [6, 6.07) is 10.8. The van der Waals surface area contributed by atoms with Crippen LogP contribution in [-0.2, 0) is 12.0 Å². The van der Waals surface area contributed by atoms with Gasteiger partial charge >= 0.3 is 0 Å². The number of benzene rings is 1. The van der Waals surface area contributed by atoms with E-state index in [-0.39, 0.29) is 5.41 Å². The zero-order valence-electron chi connectivity index (χ0n) is 12.5. The first-order valence-corrected chi connectivity index (χ1v) is 7.61. The van der Waals surface area contributed by atoms with Crippen molar-refractivity contribution in [2.75, 3.05) is 5.32 Å². The molecule has 2 aromatic rings. The van der Waals surface area contributed by atoms with Crippen molar-refractivity contribution in [1.82, 2.24) is 4.98 Å². The molecule has 3 heteroatoms. The SMILES string of the molecule is Cc1cc(NCc2ccc(C(C)(C)C)cc2)ncc1Br. The van der Waals surface area contributed by atoms with Gasteiger partial charge in [0.1, 0.15) is 5.82 Å². The fourth-order valence-electron chi connectivity index (χ4n) is 1.95. The molecule has 1 aromatic carbocycles. The Bertz CT molecular complexity index is 583. The molecule has 0 aliphatic carbocycles. The summed E-state index contributed by atoms with van der Waals surface area (Å²) in [4.78, 5) is 4.35. The van der Waals surface area contributed by atoms with Crippen molar-refractivity contribution in [2.45, 2.75) is 39.7 Å². The Kier molecular flexibility index (Phi) is 4.48. The maximum Gasteiger partial charge on any atom is 0.126 e. The largest absolute Gasteiger partial charge is 0.366 e. The molecule has 20 heavy (non-hydrogen) atoms. The van der Waals surface area contributed by atoms with Crippen LogP contribution in [-0.4, -0.2) is 4.98 Å². The number of rotatable bonds is 3. The molecule has 0 spiro atoms. The molecule has 2 rings (SSSR count). The lowest BCUT2D eigenvalue weighted by Crippen LogP contribution is -2.11. The van der Waals surface area contributed by atoms with E-state index in [0.29, 0.717) is 0 Å². The second-order valence-electron chi connectivity index (χ2n) is 6.12. The number of nitrogens with one attached hydrogen (secondary N) is 1. The summed E-state index contributed by atoms with van der Waals surface area (Å²) in [5.74, 6) is 0.908. The van der Waals surface area contributed by atoms with E-state index in [2.05, 4.69) is 78.2 Å². The smallest absolute Gasteiger partial charge is 0.126 e. The zero-order valence-corrected chi connectivity index (χ0v) is 14.1. The van der Waals surface area contributed by atoms with Crippen LogP contribution in [0.3, 0.4) is 0 Å². The van der Waals surface area contributed by atoms with Crippen LogP contribution in [0.2, 0.25) is 0 Å². The number of hydrogen-bond acceptors (Lipinski definition) is 2. The van der Waals surface area contributed by atoms with E-state index >= 15 is 0 Å². The van der Waals surface area contributed by atoms with Crippen molar-refractivity contribution in [3.05, 3.63) is 57.7 Å². The van der Waals surface area contributed by atoms with E-state index in [9.17, 15) is 0 Å². The van der Waals surface area contributed by atoms with Gasteiger partial charge in [0.25, 0.3) is 0 Å². The summed E-state index contributed by atoms with van der Waals surface area (Å²) >= 11 is 3.46. The molecule has 1 N–H and O–H groups in total. The van der Waals surface area contributed by atoms with Gasteiger partial charge in [-0.3, -0.25) is 0 Å². The van der Waals surface area contributed by atoms with E-state index in [4.69, 9.17) is 0 Å². The highest BCUT2D eigenvalue weighted by Gasteiger charge is 2.12. The van der Waals surface area contributed by atoms with Gasteiger partial charge in [0.05, 0.1) is 0 Å². The molecule has 0 saturated carbocycles. The van der Waals surface area contributed by atoms with Crippen LogP contribution < -0.4 is 5.32 Å². The van der Waals surface area contributed by atoms with Gasteiger partial charge < -0.3 is 5.32 Å². The Balaban J connectivity index is 2.02. The average molecular weight is 333 g/mol. The highest BCUT2D eigenvalue weighted by molar-refractivity contribution is 9.10. The maximum absolute atomic E-state index is 4.35. The van der Waals surface area contributed by atoms with Crippen LogP contribution in [0.5, 0.6) is 0 Å². The lowest BCUT2D eigenvalue weighted by Gasteiger charge is -2.19. The highest BCUT2D eigenvalue weighted by atomic mass is 79.9. The molecule has 0 fully saturated rings. The first-order chi connectivity index (χ1) is 9.36. The molecule has 2 nitrogen and oxygen atoms in total. The van der Waals surface area contributed by atoms with Crippen molar-refractivity contribution >= 4 is 21.7 Å². The molecule has 1 aromatic heterocycles. The molecule has 0 atom stereocenters. The van der Waals surface area contributed by atoms with Gasteiger partial charge in [-0.2, -0.15) is 0 Å². The molecule has 0 amide bonds. The Hall–Kier alpha value is -1.35. The van der Waals surface area contributed by atoms with Crippen LogP contribution in [0, 0.1) is 6.92 Å². The quantitative estimate of drug-likeness (QED) is 0.849. The molecule has 1 heterocycles. The van der Waals surface area contributed by atoms with Gasteiger partial charge in [-0.25, -0.2) is 4.98 Å². The molecule has 0 aliphatic heterocycles. The monoisotopic (exact) mass is 332 g/mol. The number of hydrogen-bond donors (Lipinski definition) is 1. The lowest BCUT2D eigenvalue weighted by molar-refractivity contribution is 0.590. The summed E-state index contributed by atoms with van der Waals surface area (Å²) in [5.41, 5.74) is 4.01. The molecule has 0 radical (unpaired) electrons. The van der Waals surface area contributed by atoms with Crippen LogP contribution >= 0.6 is 15.9 Å². The maximum atomic E-state index is 4.35. The van der Waals surface area contributed by atoms with Crippen LogP contribution in [0.1, 0.15) is 37.5 Å². The van der Waals surface area contributed by atoms with Crippen LogP contribution in [0.25, 0.3) is 0 Å².